The van der Waals surface area contributed by atoms with Gasteiger partial charge in [-0.15, -0.1) is 35.3 Å². The number of nitrogens with one attached hydrogen (secondary N) is 1. The van der Waals surface area contributed by atoms with Crippen LogP contribution in [0.1, 0.15) is 50.7 Å². The predicted molar refractivity (Wildman–Crippen MR) is 156 cm³/mol. The fourth-order valence-electron chi connectivity index (χ4n) is 3.83. The van der Waals surface area contributed by atoms with Crippen LogP contribution in [0.25, 0.3) is 16.5 Å². The SMILES string of the molecule is CC(C)c1cccc(C(C)C)c1[NH-].[Cl-].[Cl-].[Hf+4].c1ccc([Si]c2ccccc2)cc1.c1ccc2[cH-]ccc2c1. The second-order valence-electron chi connectivity index (χ2n) is 9.13. The van der Waals surface area contributed by atoms with E-state index in [0.717, 1.165) is 26.3 Å². The molecule has 0 saturated heterocycles. The van der Waals surface area contributed by atoms with Crippen LogP contribution in [0.4, 0.5) is 5.69 Å². The molecule has 0 aromatic heterocycles. The Kier molecular flexibility index (Phi) is 18.1. The second kappa shape index (κ2) is 19.1. The van der Waals surface area contributed by atoms with E-state index in [0.29, 0.717) is 11.8 Å². The molecule has 0 saturated carbocycles. The Morgan fingerprint density at radius 3 is 1.47 bits per heavy atom. The summed E-state index contributed by atoms with van der Waals surface area (Å²) in [5, 5.41) is 5.46. The van der Waals surface area contributed by atoms with E-state index < -0.39 is 0 Å². The molecule has 2 radical (unpaired) electrons. The summed E-state index contributed by atoms with van der Waals surface area (Å²) in [5.74, 6) is 0.900. The van der Waals surface area contributed by atoms with E-state index in [9.17, 15) is 0 Å². The third-order valence-electron chi connectivity index (χ3n) is 5.76. The normalized spacial score (nSPS) is 9.63. The molecule has 194 valence electrons. The van der Waals surface area contributed by atoms with Crippen molar-refractivity contribution in [2.75, 3.05) is 0 Å². The Labute approximate surface area is 263 Å². The van der Waals surface area contributed by atoms with Crippen molar-refractivity contribution in [2.24, 2.45) is 0 Å². The predicted octanol–water partition coefficient (Wildman–Crippen LogP) is 2.52. The van der Waals surface area contributed by atoms with E-state index >= 15 is 0 Å². The molecule has 0 fully saturated rings. The van der Waals surface area contributed by atoms with Gasteiger partial charge in [0.15, 0.2) is 0 Å². The minimum absolute atomic E-state index is 0. The van der Waals surface area contributed by atoms with Gasteiger partial charge in [0.25, 0.3) is 0 Å². The Hall–Kier alpha value is -2.04. The van der Waals surface area contributed by atoms with E-state index in [4.69, 9.17) is 5.73 Å². The Morgan fingerprint density at radius 2 is 1.03 bits per heavy atom. The summed E-state index contributed by atoms with van der Waals surface area (Å²) in [4.78, 5) is 0. The number of halogens is 2. The van der Waals surface area contributed by atoms with Crippen molar-refractivity contribution >= 4 is 36.4 Å². The second-order valence-corrected chi connectivity index (χ2v) is 10.5. The summed E-state index contributed by atoms with van der Waals surface area (Å²) in [5.41, 5.74) is 11.1. The number of benzene rings is 4. The molecular weight excluding hydrogens is 688 g/mol. The topological polar surface area (TPSA) is 23.8 Å². The van der Waals surface area contributed by atoms with E-state index in [1.165, 1.54) is 21.1 Å². The van der Waals surface area contributed by atoms with Crippen molar-refractivity contribution in [2.45, 2.75) is 39.5 Å². The summed E-state index contributed by atoms with van der Waals surface area (Å²) in [6.45, 7) is 8.55. The van der Waals surface area contributed by atoms with Crippen LogP contribution in [0.5, 0.6) is 0 Å². The standard InChI is InChI=1S/C12H18N.C12H10Si.C9H7.2ClH.Hf/c1-8(2)10-6-5-7-11(9(3)4)12(10)13;1-3-7-11(8-4-1)13-12-9-5-2-6-10-12;1-2-5-9-7-3-6-8(9)4-1;;;/h5-9,13H,1-4H3;1-10H;1-7H;2*1H;/q-1;;-1;;;+4/p-2. The molecule has 0 aliphatic heterocycles. The molecule has 1 nitrogen and oxygen atoms in total. The Bertz CT molecular complexity index is 1190. The monoisotopic (exact) mass is 723 g/mol. The van der Waals surface area contributed by atoms with Crippen molar-refractivity contribution < 1.29 is 50.7 Å². The molecule has 0 atom stereocenters. The Balaban J connectivity index is 0.000000527. The first-order valence-corrected chi connectivity index (χ1v) is 13.3. The van der Waals surface area contributed by atoms with Gasteiger partial charge in [-0.2, -0.15) is 17.5 Å². The smallest absolute Gasteiger partial charge is 1.00 e. The van der Waals surface area contributed by atoms with Crippen molar-refractivity contribution in [3.8, 4) is 0 Å². The summed E-state index contributed by atoms with van der Waals surface area (Å²) in [6, 6.07) is 42.0. The van der Waals surface area contributed by atoms with Crippen molar-refractivity contribution in [3.63, 3.8) is 0 Å². The van der Waals surface area contributed by atoms with Crippen LogP contribution < -0.4 is 35.2 Å². The van der Waals surface area contributed by atoms with Gasteiger partial charge in [-0.3, -0.25) is 0 Å². The van der Waals surface area contributed by atoms with Crippen LogP contribution >= 0.6 is 0 Å². The molecule has 0 aliphatic rings. The van der Waals surface area contributed by atoms with Crippen LogP contribution in [-0.2, 0) is 25.8 Å². The van der Waals surface area contributed by atoms with Gasteiger partial charge < -0.3 is 30.5 Å². The quantitative estimate of drug-likeness (QED) is 0.202. The van der Waals surface area contributed by atoms with Crippen molar-refractivity contribution in [1.29, 1.82) is 0 Å². The maximum atomic E-state index is 8.01. The van der Waals surface area contributed by atoms with Crippen molar-refractivity contribution in [3.05, 3.63) is 138 Å². The molecule has 0 heterocycles. The third kappa shape index (κ3) is 11.4. The molecule has 38 heavy (non-hydrogen) atoms. The number of fused-ring (bicyclic) bond motifs is 1. The summed E-state index contributed by atoms with van der Waals surface area (Å²) in [7, 11) is 0.777. The van der Waals surface area contributed by atoms with E-state index in [-0.39, 0.29) is 50.7 Å². The third-order valence-corrected chi connectivity index (χ3v) is 7.00. The number of hydrogen-bond donors (Lipinski definition) is 0. The molecule has 5 aromatic rings. The van der Waals surface area contributed by atoms with E-state index in [1.54, 1.807) is 0 Å². The first kappa shape index (κ1) is 36.0. The van der Waals surface area contributed by atoms with Gasteiger partial charge >= 0.3 is 25.8 Å². The maximum Gasteiger partial charge on any atom is 4.00 e. The molecule has 0 unspecified atom stereocenters. The summed E-state index contributed by atoms with van der Waals surface area (Å²) < 4.78 is 0. The van der Waals surface area contributed by atoms with Crippen LogP contribution in [0, 0.1) is 0 Å². The molecular formula is C33H35Cl2HfNSi. The molecule has 5 heteroatoms. The van der Waals surface area contributed by atoms with Gasteiger partial charge in [-0.25, -0.2) is 0 Å². The average molecular weight is 723 g/mol. The van der Waals surface area contributed by atoms with Gasteiger partial charge in [0.1, 0.15) is 9.52 Å². The zero-order valence-electron chi connectivity index (χ0n) is 22.5. The van der Waals surface area contributed by atoms with Gasteiger partial charge in [0, 0.05) is 0 Å². The van der Waals surface area contributed by atoms with Crippen LogP contribution in [0.3, 0.4) is 0 Å². The van der Waals surface area contributed by atoms with E-state index in [1.807, 2.05) is 0 Å². The van der Waals surface area contributed by atoms with Gasteiger partial charge in [0.05, 0.1) is 0 Å². The first-order valence-electron chi connectivity index (χ1n) is 12.3. The van der Waals surface area contributed by atoms with Gasteiger partial charge in [-0.05, 0) is 11.8 Å². The fourth-order valence-corrected chi connectivity index (χ4v) is 4.88. The molecule has 5 aromatic carbocycles. The summed E-state index contributed by atoms with van der Waals surface area (Å²) >= 11 is 0. The first-order chi connectivity index (χ1) is 17.0. The molecule has 0 amide bonds. The van der Waals surface area contributed by atoms with Crippen LogP contribution in [-0.4, -0.2) is 9.52 Å². The largest absolute Gasteiger partial charge is 4.00 e. The van der Waals surface area contributed by atoms with E-state index in [2.05, 4.69) is 149 Å². The molecule has 0 bridgehead atoms. The minimum Gasteiger partial charge on any atom is -1.00 e. The average Bonchev–Trinajstić information content (AvgIpc) is 3.35. The fraction of sp³-hybridized carbons (Fsp3) is 0.182. The zero-order chi connectivity index (χ0) is 25.0. The van der Waals surface area contributed by atoms with Gasteiger partial charge in [0.2, 0.25) is 0 Å². The minimum atomic E-state index is 0. The van der Waals surface area contributed by atoms with Crippen molar-refractivity contribution in [1.82, 2.24) is 0 Å². The Morgan fingerprint density at radius 1 is 0.579 bits per heavy atom. The maximum absolute atomic E-state index is 8.01. The molecule has 5 rings (SSSR count). The molecule has 1 N–H and O–H groups in total. The molecule has 0 aliphatic carbocycles. The number of hydrogen-bond acceptors (Lipinski definition) is 0. The summed E-state index contributed by atoms with van der Waals surface area (Å²) in [6.07, 6.45) is 0. The zero-order valence-corrected chi connectivity index (χ0v) is 28.6. The van der Waals surface area contributed by atoms with Gasteiger partial charge in [-0.1, -0.05) is 134 Å². The number of rotatable bonds is 4. The van der Waals surface area contributed by atoms with Crippen LogP contribution in [0.15, 0.2) is 121 Å². The van der Waals surface area contributed by atoms with Crippen LogP contribution in [0.2, 0.25) is 0 Å². The molecule has 0 spiro atoms.